The predicted octanol–water partition coefficient (Wildman–Crippen LogP) is 7.36. The highest BCUT2D eigenvalue weighted by atomic mass is 32.2. The van der Waals surface area contributed by atoms with E-state index in [2.05, 4.69) is 48.5 Å². The van der Waals surface area contributed by atoms with Gasteiger partial charge in [-0.15, -0.1) is 11.8 Å². The van der Waals surface area contributed by atoms with Gasteiger partial charge in [-0.25, -0.2) is 0 Å². The van der Waals surface area contributed by atoms with Crippen LogP contribution in [0.1, 0.15) is 92.6 Å². The monoisotopic (exact) mass is 422 g/mol. The van der Waals surface area contributed by atoms with E-state index in [0.29, 0.717) is 12.4 Å². The molecule has 0 saturated heterocycles. The van der Waals surface area contributed by atoms with Crippen LogP contribution in [-0.4, -0.2) is 22.4 Å². The molecular formula is C25H42O3S. The topological polar surface area (TPSA) is 46.5 Å². The van der Waals surface area contributed by atoms with Crippen LogP contribution in [0.25, 0.3) is 0 Å². The lowest BCUT2D eigenvalue weighted by atomic mass is 9.65. The Morgan fingerprint density at radius 1 is 0.897 bits per heavy atom. The van der Waals surface area contributed by atoms with Gasteiger partial charge < -0.3 is 9.84 Å². The molecule has 1 aromatic rings. The minimum atomic E-state index is -0.680. The quantitative estimate of drug-likeness (QED) is 0.299. The second kappa shape index (κ2) is 11.3. The lowest BCUT2D eigenvalue weighted by Crippen LogP contribution is -2.57. The molecule has 0 spiro atoms. The zero-order valence-corrected chi connectivity index (χ0v) is 20.5. The summed E-state index contributed by atoms with van der Waals surface area (Å²) in [7, 11) is 0. The van der Waals surface area contributed by atoms with E-state index < -0.39 is 4.75 Å². The summed E-state index contributed by atoms with van der Waals surface area (Å²) in [5.41, 5.74) is 0.546. The summed E-state index contributed by atoms with van der Waals surface area (Å²) in [5.74, 6) is 0.853. The number of ether oxygens (including phenoxy) is 1. The van der Waals surface area contributed by atoms with E-state index in [1.54, 1.807) is 23.9 Å². The van der Waals surface area contributed by atoms with Gasteiger partial charge >= 0.3 is 5.97 Å². The molecule has 0 aliphatic heterocycles. The SMILES string of the molecule is CCCCCCCCOC(=O)C(SCc1ccc(O)cc1)(C(C)(C)C)C(C)(C)C. The first-order valence-electron chi connectivity index (χ1n) is 11.0. The van der Waals surface area contributed by atoms with E-state index in [1.807, 2.05) is 12.1 Å². The number of hydrogen-bond acceptors (Lipinski definition) is 4. The van der Waals surface area contributed by atoms with E-state index in [4.69, 9.17) is 4.74 Å². The standard InChI is InChI=1S/C25H42O3S/c1-8-9-10-11-12-13-18-28-22(27)25(23(2,3)4,24(5,6)7)29-19-20-14-16-21(26)17-15-20/h14-17,26H,8-13,18-19H2,1-7H3. The van der Waals surface area contributed by atoms with E-state index in [0.717, 1.165) is 18.4 Å². The Labute approximate surface area is 183 Å². The number of carbonyl (C=O) groups is 1. The molecular weight excluding hydrogens is 380 g/mol. The second-order valence-electron chi connectivity index (χ2n) is 10.0. The van der Waals surface area contributed by atoms with Crippen molar-refractivity contribution >= 4 is 17.7 Å². The second-order valence-corrected chi connectivity index (χ2v) is 11.2. The fraction of sp³-hybridized carbons (Fsp3) is 0.720. The summed E-state index contributed by atoms with van der Waals surface area (Å²) >= 11 is 1.67. The van der Waals surface area contributed by atoms with Crippen molar-refractivity contribution in [1.29, 1.82) is 0 Å². The maximum Gasteiger partial charge on any atom is 0.323 e. The summed E-state index contributed by atoms with van der Waals surface area (Å²) in [4.78, 5) is 13.5. The number of carbonyl (C=O) groups excluding carboxylic acids is 1. The van der Waals surface area contributed by atoms with Gasteiger partial charge in [-0.2, -0.15) is 0 Å². The number of benzene rings is 1. The smallest absolute Gasteiger partial charge is 0.323 e. The highest BCUT2D eigenvalue weighted by Gasteiger charge is 2.57. The maximum absolute atomic E-state index is 13.5. The van der Waals surface area contributed by atoms with E-state index in [1.165, 1.54) is 25.7 Å². The highest BCUT2D eigenvalue weighted by Crippen LogP contribution is 2.55. The molecule has 0 fully saturated rings. The average Bonchev–Trinajstić information content (AvgIpc) is 2.60. The first kappa shape index (κ1) is 25.9. The van der Waals surface area contributed by atoms with Crippen molar-refractivity contribution in [2.75, 3.05) is 6.61 Å². The Morgan fingerprint density at radius 2 is 1.41 bits per heavy atom. The van der Waals surface area contributed by atoms with Gasteiger partial charge in [-0.05, 0) is 34.9 Å². The molecule has 0 saturated carbocycles. The molecule has 1 rings (SSSR count). The van der Waals surface area contributed by atoms with Crippen LogP contribution < -0.4 is 0 Å². The van der Waals surface area contributed by atoms with Crippen LogP contribution in [0.15, 0.2) is 24.3 Å². The van der Waals surface area contributed by atoms with Crippen molar-refractivity contribution < 1.29 is 14.6 Å². The Hall–Kier alpha value is -1.16. The summed E-state index contributed by atoms with van der Waals surface area (Å²) in [6.07, 6.45) is 7.05. The van der Waals surface area contributed by atoms with Gasteiger partial charge in [-0.3, -0.25) is 4.79 Å². The molecule has 1 N–H and O–H groups in total. The van der Waals surface area contributed by atoms with E-state index >= 15 is 0 Å². The first-order chi connectivity index (χ1) is 13.5. The maximum atomic E-state index is 13.5. The number of phenols is 1. The molecule has 166 valence electrons. The van der Waals surface area contributed by atoms with Crippen LogP contribution in [0.3, 0.4) is 0 Å². The number of rotatable bonds is 11. The van der Waals surface area contributed by atoms with Gasteiger partial charge in [0.15, 0.2) is 0 Å². The summed E-state index contributed by atoms with van der Waals surface area (Å²) in [5, 5.41) is 9.54. The van der Waals surface area contributed by atoms with Gasteiger partial charge in [0.1, 0.15) is 10.5 Å². The van der Waals surface area contributed by atoms with Crippen molar-refractivity contribution in [3.05, 3.63) is 29.8 Å². The Morgan fingerprint density at radius 3 is 1.93 bits per heavy atom. The number of phenolic OH excluding ortho intramolecular Hbond substituents is 1. The van der Waals surface area contributed by atoms with Gasteiger partial charge in [0.2, 0.25) is 0 Å². The number of hydrogen-bond donors (Lipinski definition) is 1. The Bertz CT molecular complexity index is 594. The van der Waals surface area contributed by atoms with Crippen LogP contribution >= 0.6 is 11.8 Å². The van der Waals surface area contributed by atoms with Crippen LogP contribution in [0.5, 0.6) is 5.75 Å². The van der Waals surface area contributed by atoms with E-state index in [9.17, 15) is 9.90 Å². The summed E-state index contributed by atoms with van der Waals surface area (Å²) in [6, 6.07) is 7.23. The van der Waals surface area contributed by atoms with Crippen LogP contribution in [0.4, 0.5) is 0 Å². The summed E-state index contributed by atoms with van der Waals surface area (Å²) < 4.78 is 5.19. The molecule has 0 heterocycles. The Kier molecular flexibility index (Phi) is 10.1. The normalized spacial score (nSPS) is 12.8. The van der Waals surface area contributed by atoms with Crippen molar-refractivity contribution in [2.45, 2.75) is 97.5 Å². The van der Waals surface area contributed by atoms with Crippen molar-refractivity contribution in [3.63, 3.8) is 0 Å². The van der Waals surface area contributed by atoms with Crippen LogP contribution in [0.2, 0.25) is 0 Å². The number of esters is 1. The third kappa shape index (κ3) is 7.24. The van der Waals surface area contributed by atoms with Crippen molar-refractivity contribution in [3.8, 4) is 5.75 Å². The van der Waals surface area contributed by atoms with Crippen LogP contribution in [0, 0.1) is 10.8 Å². The highest BCUT2D eigenvalue weighted by molar-refractivity contribution is 8.00. The molecule has 0 aliphatic rings. The van der Waals surface area contributed by atoms with Crippen molar-refractivity contribution in [1.82, 2.24) is 0 Å². The fourth-order valence-corrected chi connectivity index (χ4v) is 5.78. The van der Waals surface area contributed by atoms with Gasteiger partial charge in [-0.1, -0.05) is 92.7 Å². The van der Waals surface area contributed by atoms with Gasteiger partial charge in [0.25, 0.3) is 0 Å². The molecule has 3 nitrogen and oxygen atoms in total. The molecule has 0 bridgehead atoms. The third-order valence-corrected chi connectivity index (χ3v) is 7.82. The minimum absolute atomic E-state index is 0.102. The van der Waals surface area contributed by atoms with Gasteiger partial charge in [0, 0.05) is 5.75 Å². The molecule has 1 aromatic carbocycles. The molecule has 0 aliphatic carbocycles. The zero-order valence-electron chi connectivity index (χ0n) is 19.6. The largest absolute Gasteiger partial charge is 0.508 e. The Balaban J connectivity index is 2.89. The van der Waals surface area contributed by atoms with Crippen LogP contribution in [-0.2, 0) is 15.3 Å². The van der Waals surface area contributed by atoms with Crippen molar-refractivity contribution in [2.24, 2.45) is 10.8 Å². The molecule has 29 heavy (non-hydrogen) atoms. The third-order valence-electron chi connectivity index (χ3n) is 5.52. The molecule has 0 amide bonds. The van der Waals surface area contributed by atoms with Gasteiger partial charge in [0.05, 0.1) is 6.61 Å². The minimum Gasteiger partial charge on any atom is -0.508 e. The lowest BCUT2D eigenvalue weighted by Gasteiger charge is -2.50. The average molecular weight is 423 g/mol. The van der Waals surface area contributed by atoms with E-state index in [-0.39, 0.29) is 22.5 Å². The molecule has 0 atom stereocenters. The summed E-state index contributed by atoms with van der Waals surface area (Å²) in [6.45, 7) is 15.5. The zero-order chi connectivity index (χ0) is 22.1. The number of unbranched alkanes of at least 4 members (excludes halogenated alkanes) is 5. The number of thioether (sulfide) groups is 1. The molecule has 4 heteroatoms. The fourth-order valence-electron chi connectivity index (χ4n) is 4.16. The lowest BCUT2D eigenvalue weighted by molar-refractivity contribution is -0.154. The number of aromatic hydroxyl groups is 1. The first-order valence-corrected chi connectivity index (χ1v) is 12.0. The molecule has 0 aromatic heterocycles. The predicted molar refractivity (Wildman–Crippen MR) is 125 cm³/mol. The molecule has 0 unspecified atom stereocenters. The molecule has 0 radical (unpaired) electrons.